The molecular weight excluding hydrogens is 388 g/mol. The van der Waals surface area contributed by atoms with Crippen molar-refractivity contribution in [2.45, 2.75) is 27.4 Å². The lowest BCUT2D eigenvalue weighted by atomic mass is 10.1. The summed E-state index contributed by atoms with van der Waals surface area (Å²) in [4.78, 5) is 12.1. The third-order valence-electron chi connectivity index (χ3n) is 4.25. The number of nitrogens with zero attached hydrogens (tertiary/aromatic N) is 3. The van der Waals surface area contributed by atoms with Crippen LogP contribution in [-0.4, -0.2) is 27.7 Å². The first-order valence-electron chi connectivity index (χ1n) is 9.16. The molecule has 1 aromatic heterocycles. The quantitative estimate of drug-likeness (QED) is 0.474. The molecular formula is C21H22N4O3S. The first-order valence-corrected chi connectivity index (χ1v) is 9.57. The lowest BCUT2D eigenvalue weighted by Crippen LogP contribution is -2.22. The molecule has 0 aliphatic carbocycles. The first kappa shape index (κ1) is 20.5. The molecule has 0 atom stereocenters. The third-order valence-corrected chi connectivity index (χ3v) is 4.51. The molecule has 1 heterocycles. The summed E-state index contributed by atoms with van der Waals surface area (Å²) in [6.07, 6.45) is 1.54. The predicted molar refractivity (Wildman–Crippen MR) is 115 cm³/mol. The molecule has 3 rings (SSSR count). The molecule has 0 aliphatic rings. The van der Waals surface area contributed by atoms with Crippen molar-refractivity contribution in [3.05, 3.63) is 80.0 Å². The van der Waals surface area contributed by atoms with Crippen LogP contribution in [-0.2, 0) is 6.61 Å². The van der Waals surface area contributed by atoms with Gasteiger partial charge >= 0.3 is 0 Å². The molecule has 0 spiro atoms. The molecule has 1 N–H and O–H groups in total. The Labute approximate surface area is 173 Å². The highest BCUT2D eigenvalue weighted by molar-refractivity contribution is 7.71. The largest absolute Gasteiger partial charge is 0.490 e. The summed E-state index contributed by atoms with van der Waals surface area (Å²) in [5, 5.41) is 10.6. The molecule has 0 unspecified atom stereocenters. The average molecular weight is 410 g/mol. The van der Waals surface area contributed by atoms with E-state index in [1.54, 1.807) is 6.92 Å². The van der Waals surface area contributed by atoms with Gasteiger partial charge in [-0.15, -0.1) is 0 Å². The first-order chi connectivity index (χ1) is 14.0. The van der Waals surface area contributed by atoms with Gasteiger partial charge in [0.05, 0.1) is 12.8 Å². The van der Waals surface area contributed by atoms with Gasteiger partial charge in [0.25, 0.3) is 5.56 Å². The average Bonchev–Trinajstić information content (AvgIpc) is 2.71. The van der Waals surface area contributed by atoms with E-state index in [0.717, 1.165) is 15.8 Å². The van der Waals surface area contributed by atoms with Crippen molar-refractivity contribution >= 4 is 18.4 Å². The zero-order chi connectivity index (χ0) is 20.8. The Balaban J connectivity index is 1.84. The number of hydrogen-bond acceptors (Lipinski definition) is 6. The van der Waals surface area contributed by atoms with E-state index in [1.807, 2.05) is 43.3 Å². The highest BCUT2D eigenvalue weighted by Gasteiger charge is 2.08. The minimum absolute atomic E-state index is 0.125. The van der Waals surface area contributed by atoms with E-state index in [4.69, 9.17) is 21.7 Å². The second-order valence-corrected chi connectivity index (χ2v) is 6.72. The highest BCUT2D eigenvalue weighted by Crippen LogP contribution is 2.29. The van der Waals surface area contributed by atoms with Crippen molar-refractivity contribution < 1.29 is 9.47 Å². The lowest BCUT2D eigenvalue weighted by Gasteiger charge is -2.13. The van der Waals surface area contributed by atoms with Crippen LogP contribution in [0.15, 0.2) is 52.4 Å². The van der Waals surface area contributed by atoms with Crippen LogP contribution in [0.2, 0.25) is 0 Å². The summed E-state index contributed by atoms with van der Waals surface area (Å²) in [6.45, 7) is 6.49. The fourth-order valence-corrected chi connectivity index (χ4v) is 2.80. The monoisotopic (exact) mass is 410 g/mol. The molecule has 0 fully saturated rings. The number of H-pyrrole nitrogens is 1. The molecule has 0 bridgehead atoms. The molecule has 29 heavy (non-hydrogen) atoms. The number of nitrogens with one attached hydrogen (secondary N) is 1. The standard InChI is InChI=1S/C21H22N4O3S/c1-4-27-19-11-16(12-22-25-20(26)15(3)23-24-21(25)29)9-10-18(19)28-13-17-8-6-5-7-14(17)2/h5-12H,4,13H2,1-3H3,(H,24,29)/b22-12-. The van der Waals surface area contributed by atoms with Crippen LogP contribution in [0.5, 0.6) is 11.5 Å². The van der Waals surface area contributed by atoms with Crippen molar-refractivity contribution in [3.63, 3.8) is 0 Å². The molecule has 150 valence electrons. The Morgan fingerprint density at radius 2 is 1.97 bits per heavy atom. The molecule has 0 saturated carbocycles. The summed E-state index contributed by atoms with van der Waals surface area (Å²) in [6, 6.07) is 13.6. The van der Waals surface area contributed by atoms with Gasteiger partial charge in [-0.3, -0.25) is 9.89 Å². The minimum Gasteiger partial charge on any atom is -0.490 e. The molecule has 2 aromatic carbocycles. The second kappa shape index (κ2) is 9.29. The van der Waals surface area contributed by atoms with Gasteiger partial charge in [-0.25, -0.2) is 0 Å². The Hall–Kier alpha value is -3.26. The number of aromatic nitrogens is 3. The van der Waals surface area contributed by atoms with Crippen molar-refractivity contribution in [2.75, 3.05) is 6.61 Å². The van der Waals surface area contributed by atoms with E-state index in [1.165, 1.54) is 11.8 Å². The lowest BCUT2D eigenvalue weighted by molar-refractivity contribution is 0.269. The van der Waals surface area contributed by atoms with Gasteiger partial charge in [0.1, 0.15) is 12.3 Å². The summed E-state index contributed by atoms with van der Waals surface area (Å²) < 4.78 is 12.9. The summed E-state index contributed by atoms with van der Waals surface area (Å²) >= 11 is 5.08. The van der Waals surface area contributed by atoms with E-state index < -0.39 is 0 Å². The Kier molecular flexibility index (Phi) is 6.56. The Bertz CT molecular complexity index is 1150. The number of benzene rings is 2. The van der Waals surface area contributed by atoms with Crippen LogP contribution in [0.1, 0.15) is 29.3 Å². The van der Waals surface area contributed by atoms with Crippen molar-refractivity contribution in [1.29, 1.82) is 0 Å². The summed E-state index contributed by atoms with van der Waals surface area (Å²) in [5.41, 5.74) is 2.94. The topological polar surface area (TPSA) is 81.5 Å². The van der Waals surface area contributed by atoms with Gasteiger partial charge in [-0.05, 0) is 67.9 Å². The van der Waals surface area contributed by atoms with Gasteiger partial charge < -0.3 is 9.47 Å². The number of aryl methyl sites for hydroxylation is 2. The van der Waals surface area contributed by atoms with Crippen LogP contribution >= 0.6 is 12.2 Å². The maximum Gasteiger partial charge on any atom is 0.296 e. The zero-order valence-corrected chi connectivity index (χ0v) is 17.3. The molecule has 7 nitrogen and oxygen atoms in total. The van der Waals surface area contributed by atoms with E-state index in [0.29, 0.717) is 24.7 Å². The van der Waals surface area contributed by atoms with Crippen LogP contribution < -0.4 is 15.0 Å². The number of aromatic amines is 1. The fourth-order valence-electron chi connectivity index (χ4n) is 2.62. The third kappa shape index (κ3) is 4.97. The van der Waals surface area contributed by atoms with E-state index in [-0.39, 0.29) is 16.0 Å². The number of hydrogen-bond donors (Lipinski definition) is 1. The van der Waals surface area contributed by atoms with Crippen LogP contribution in [0.25, 0.3) is 0 Å². The van der Waals surface area contributed by atoms with Gasteiger partial charge in [0.15, 0.2) is 11.5 Å². The maximum absolute atomic E-state index is 12.1. The molecule has 0 aliphatic heterocycles. The van der Waals surface area contributed by atoms with E-state index >= 15 is 0 Å². The Morgan fingerprint density at radius 3 is 2.72 bits per heavy atom. The smallest absolute Gasteiger partial charge is 0.296 e. The van der Waals surface area contributed by atoms with E-state index in [2.05, 4.69) is 28.3 Å². The van der Waals surface area contributed by atoms with Crippen LogP contribution in [0.3, 0.4) is 0 Å². The predicted octanol–water partition coefficient (Wildman–Crippen LogP) is 3.78. The molecule has 0 radical (unpaired) electrons. The highest BCUT2D eigenvalue weighted by atomic mass is 32.1. The van der Waals surface area contributed by atoms with Gasteiger partial charge in [0, 0.05) is 0 Å². The molecule has 8 heteroatoms. The number of ether oxygens (including phenoxy) is 2. The van der Waals surface area contributed by atoms with Crippen molar-refractivity contribution in [3.8, 4) is 11.5 Å². The Morgan fingerprint density at radius 1 is 1.17 bits per heavy atom. The fraction of sp³-hybridized carbons (Fsp3) is 0.238. The summed E-state index contributed by atoms with van der Waals surface area (Å²) in [5.74, 6) is 1.25. The van der Waals surface area contributed by atoms with Crippen molar-refractivity contribution in [2.24, 2.45) is 5.10 Å². The SMILES string of the molecule is CCOc1cc(/C=N\n2c(=S)[nH]nc(C)c2=O)ccc1OCc1ccccc1C. The molecule has 3 aromatic rings. The maximum atomic E-state index is 12.1. The van der Waals surface area contributed by atoms with Gasteiger partial charge in [-0.2, -0.15) is 14.9 Å². The normalized spacial score (nSPS) is 11.0. The molecule has 0 saturated heterocycles. The number of rotatable bonds is 7. The minimum atomic E-state index is -0.367. The van der Waals surface area contributed by atoms with Gasteiger partial charge in [-0.1, -0.05) is 24.3 Å². The zero-order valence-electron chi connectivity index (χ0n) is 16.5. The van der Waals surface area contributed by atoms with E-state index in [9.17, 15) is 4.79 Å². The van der Waals surface area contributed by atoms with Crippen LogP contribution in [0.4, 0.5) is 0 Å². The van der Waals surface area contributed by atoms with Crippen molar-refractivity contribution in [1.82, 2.24) is 14.9 Å². The molecule has 0 amide bonds. The second-order valence-electron chi connectivity index (χ2n) is 6.33. The van der Waals surface area contributed by atoms with Crippen LogP contribution in [0, 0.1) is 18.6 Å². The van der Waals surface area contributed by atoms with Gasteiger partial charge in [0.2, 0.25) is 4.77 Å². The summed E-state index contributed by atoms with van der Waals surface area (Å²) in [7, 11) is 0.